The number of amides is 2. The zero-order valence-corrected chi connectivity index (χ0v) is 13.6. The lowest BCUT2D eigenvalue weighted by Gasteiger charge is -2.18. The van der Waals surface area contributed by atoms with E-state index in [2.05, 4.69) is 5.32 Å². The first-order chi connectivity index (χ1) is 11.9. The van der Waals surface area contributed by atoms with Crippen LogP contribution >= 0.6 is 0 Å². The summed E-state index contributed by atoms with van der Waals surface area (Å²) in [5, 5.41) is 12.2. The van der Waals surface area contributed by atoms with Gasteiger partial charge in [-0.05, 0) is 24.3 Å². The molecule has 25 heavy (non-hydrogen) atoms. The number of carbonyl (C=O) groups excluding carboxylic acids is 2. The number of hydrogen-bond donors (Lipinski definition) is 2. The Labute approximate surface area is 143 Å². The number of benzene rings is 2. The molecule has 0 bridgehead atoms. The van der Waals surface area contributed by atoms with Crippen molar-refractivity contribution in [2.45, 2.75) is 6.10 Å². The van der Waals surface area contributed by atoms with Crippen molar-refractivity contribution < 1.29 is 23.5 Å². The van der Waals surface area contributed by atoms with Crippen LogP contribution in [0, 0.1) is 11.6 Å². The van der Waals surface area contributed by atoms with E-state index in [1.54, 1.807) is 30.3 Å². The summed E-state index contributed by atoms with van der Waals surface area (Å²) in [7, 11) is 1.46. The number of carbonyl (C=O) groups is 2. The van der Waals surface area contributed by atoms with Gasteiger partial charge in [-0.3, -0.25) is 9.59 Å². The first-order valence-corrected chi connectivity index (χ1v) is 7.59. The summed E-state index contributed by atoms with van der Waals surface area (Å²) in [6.45, 7) is -0.621. The Bertz CT molecular complexity index is 733. The van der Waals surface area contributed by atoms with Crippen LogP contribution in [-0.2, 0) is 4.79 Å². The van der Waals surface area contributed by atoms with Gasteiger partial charge in [-0.15, -0.1) is 0 Å². The van der Waals surface area contributed by atoms with E-state index in [1.165, 1.54) is 18.0 Å². The SMILES string of the molecule is CN(CC(=O)NCC(O)c1c(F)cccc1F)C(=O)c1ccccc1. The summed E-state index contributed by atoms with van der Waals surface area (Å²) >= 11 is 0. The van der Waals surface area contributed by atoms with E-state index in [9.17, 15) is 23.5 Å². The van der Waals surface area contributed by atoms with Gasteiger partial charge < -0.3 is 15.3 Å². The van der Waals surface area contributed by atoms with E-state index >= 15 is 0 Å². The molecule has 0 heterocycles. The molecule has 0 fully saturated rings. The molecule has 2 amide bonds. The zero-order valence-electron chi connectivity index (χ0n) is 13.6. The van der Waals surface area contributed by atoms with E-state index in [-0.39, 0.29) is 19.0 Å². The number of halogens is 2. The highest BCUT2D eigenvalue weighted by Crippen LogP contribution is 2.19. The van der Waals surface area contributed by atoms with Crippen LogP contribution in [0.4, 0.5) is 8.78 Å². The lowest BCUT2D eigenvalue weighted by atomic mass is 10.1. The molecule has 0 spiro atoms. The summed E-state index contributed by atoms with van der Waals surface area (Å²) in [5.74, 6) is -2.67. The molecule has 5 nitrogen and oxygen atoms in total. The van der Waals surface area contributed by atoms with Gasteiger partial charge in [0, 0.05) is 19.2 Å². The molecule has 1 atom stereocenters. The van der Waals surface area contributed by atoms with Crippen molar-refractivity contribution in [1.29, 1.82) is 0 Å². The third kappa shape index (κ3) is 4.84. The van der Waals surface area contributed by atoms with Gasteiger partial charge in [0.25, 0.3) is 5.91 Å². The molecular weight excluding hydrogens is 330 g/mol. The maximum Gasteiger partial charge on any atom is 0.254 e. The summed E-state index contributed by atoms with van der Waals surface area (Å²) in [6.07, 6.45) is -1.53. The molecule has 0 aromatic heterocycles. The van der Waals surface area contributed by atoms with E-state index in [4.69, 9.17) is 0 Å². The van der Waals surface area contributed by atoms with Gasteiger partial charge in [-0.25, -0.2) is 8.78 Å². The number of likely N-dealkylation sites (N-methyl/N-ethyl adjacent to an activating group) is 1. The summed E-state index contributed by atoms with van der Waals surface area (Å²) in [4.78, 5) is 25.2. The number of aliphatic hydroxyl groups excluding tert-OH is 1. The van der Waals surface area contributed by atoms with Crippen molar-refractivity contribution in [3.05, 3.63) is 71.3 Å². The average molecular weight is 348 g/mol. The Kier molecular flexibility index (Phi) is 6.19. The number of nitrogens with one attached hydrogen (secondary N) is 1. The molecule has 0 saturated heterocycles. The molecule has 2 N–H and O–H groups in total. The van der Waals surface area contributed by atoms with Crippen molar-refractivity contribution in [3.8, 4) is 0 Å². The predicted octanol–water partition coefficient (Wildman–Crippen LogP) is 1.89. The highest BCUT2D eigenvalue weighted by Gasteiger charge is 2.19. The van der Waals surface area contributed by atoms with Crippen molar-refractivity contribution in [3.63, 3.8) is 0 Å². The second-order valence-corrected chi connectivity index (χ2v) is 5.48. The first-order valence-electron chi connectivity index (χ1n) is 7.59. The maximum atomic E-state index is 13.6. The fourth-order valence-electron chi connectivity index (χ4n) is 2.29. The Morgan fingerprint density at radius 3 is 2.28 bits per heavy atom. The van der Waals surface area contributed by atoms with Crippen LogP contribution in [-0.4, -0.2) is 42.0 Å². The van der Waals surface area contributed by atoms with E-state index < -0.39 is 29.2 Å². The molecule has 7 heteroatoms. The zero-order chi connectivity index (χ0) is 18.4. The van der Waals surface area contributed by atoms with Crippen LogP contribution in [0.3, 0.4) is 0 Å². The summed E-state index contributed by atoms with van der Waals surface area (Å²) in [6, 6.07) is 11.7. The highest BCUT2D eigenvalue weighted by atomic mass is 19.1. The molecule has 132 valence electrons. The van der Waals surface area contributed by atoms with Gasteiger partial charge >= 0.3 is 0 Å². The normalized spacial score (nSPS) is 11.7. The maximum absolute atomic E-state index is 13.6. The standard InChI is InChI=1S/C18H18F2N2O3/c1-22(18(25)12-6-3-2-4-7-12)11-16(24)21-10-15(23)17-13(19)8-5-9-14(17)20/h2-9,15,23H,10-11H2,1H3,(H,21,24). The van der Waals surface area contributed by atoms with Crippen LogP contribution in [0.5, 0.6) is 0 Å². The van der Waals surface area contributed by atoms with Crippen LogP contribution in [0.1, 0.15) is 22.0 Å². The second-order valence-electron chi connectivity index (χ2n) is 5.48. The van der Waals surface area contributed by atoms with Crippen LogP contribution in [0.25, 0.3) is 0 Å². The molecular formula is C18H18F2N2O3. The van der Waals surface area contributed by atoms with E-state index in [1.807, 2.05) is 0 Å². The molecule has 0 aliphatic rings. The summed E-state index contributed by atoms with van der Waals surface area (Å²) < 4.78 is 27.1. The van der Waals surface area contributed by atoms with Crippen molar-refractivity contribution >= 4 is 11.8 Å². The molecule has 0 aliphatic carbocycles. The smallest absolute Gasteiger partial charge is 0.254 e. The number of nitrogens with zero attached hydrogens (tertiary/aromatic N) is 1. The quantitative estimate of drug-likeness (QED) is 0.838. The Morgan fingerprint density at radius 1 is 1.08 bits per heavy atom. The molecule has 0 saturated carbocycles. The van der Waals surface area contributed by atoms with Crippen molar-refractivity contribution in [2.24, 2.45) is 0 Å². The Morgan fingerprint density at radius 2 is 1.68 bits per heavy atom. The minimum atomic E-state index is -1.53. The molecule has 2 rings (SSSR count). The lowest BCUT2D eigenvalue weighted by molar-refractivity contribution is -0.122. The van der Waals surface area contributed by atoms with Crippen molar-refractivity contribution in [2.75, 3.05) is 20.1 Å². The van der Waals surface area contributed by atoms with Gasteiger partial charge in [0.1, 0.15) is 17.7 Å². The fraction of sp³-hybridized carbons (Fsp3) is 0.222. The highest BCUT2D eigenvalue weighted by molar-refractivity contribution is 5.96. The molecule has 0 aliphatic heterocycles. The number of rotatable bonds is 6. The topological polar surface area (TPSA) is 69.6 Å². The minimum Gasteiger partial charge on any atom is -0.386 e. The van der Waals surface area contributed by atoms with Crippen LogP contribution in [0.15, 0.2) is 48.5 Å². The van der Waals surface area contributed by atoms with E-state index in [0.717, 1.165) is 12.1 Å². The van der Waals surface area contributed by atoms with Gasteiger partial charge in [-0.2, -0.15) is 0 Å². The fourth-order valence-corrected chi connectivity index (χ4v) is 2.29. The minimum absolute atomic E-state index is 0.250. The summed E-state index contributed by atoms with van der Waals surface area (Å²) in [5.41, 5.74) is -0.0669. The second kappa shape index (κ2) is 8.34. The third-order valence-electron chi connectivity index (χ3n) is 3.57. The van der Waals surface area contributed by atoms with Gasteiger partial charge in [-0.1, -0.05) is 24.3 Å². The predicted molar refractivity (Wildman–Crippen MR) is 87.7 cm³/mol. The monoisotopic (exact) mass is 348 g/mol. The van der Waals surface area contributed by atoms with Gasteiger partial charge in [0.2, 0.25) is 5.91 Å². The van der Waals surface area contributed by atoms with Crippen LogP contribution < -0.4 is 5.32 Å². The molecule has 2 aromatic carbocycles. The Balaban J connectivity index is 1.89. The lowest BCUT2D eigenvalue weighted by Crippen LogP contribution is -2.39. The average Bonchev–Trinajstić information content (AvgIpc) is 2.60. The molecule has 1 unspecified atom stereocenters. The molecule has 0 radical (unpaired) electrons. The largest absolute Gasteiger partial charge is 0.386 e. The number of aliphatic hydroxyl groups is 1. The van der Waals surface area contributed by atoms with Crippen molar-refractivity contribution in [1.82, 2.24) is 10.2 Å². The van der Waals surface area contributed by atoms with E-state index in [0.29, 0.717) is 5.56 Å². The Hall–Kier alpha value is -2.80. The third-order valence-corrected chi connectivity index (χ3v) is 3.57. The number of hydrogen-bond acceptors (Lipinski definition) is 3. The first kappa shape index (κ1) is 18.5. The van der Waals surface area contributed by atoms with Gasteiger partial charge in [0.05, 0.1) is 12.1 Å². The van der Waals surface area contributed by atoms with Gasteiger partial charge in [0.15, 0.2) is 0 Å². The molecule has 2 aromatic rings. The van der Waals surface area contributed by atoms with Crippen LogP contribution in [0.2, 0.25) is 0 Å².